The molecule has 23 heavy (non-hydrogen) atoms. The Morgan fingerprint density at radius 1 is 1.43 bits per heavy atom. The van der Waals surface area contributed by atoms with Crippen LogP contribution < -0.4 is 5.32 Å². The van der Waals surface area contributed by atoms with E-state index in [1.165, 1.54) is 23.4 Å². The molecule has 1 aliphatic carbocycles. The van der Waals surface area contributed by atoms with Crippen LogP contribution in [0.5, 0.6) is 0 Å². The zero-order valence-corrected chi connectivity index (χ0v) is 12.8. The number of rotatable bonds is 6. The number of pyridine rings is 2. The number of nitrogens with zero attached hydrogens (tertiary/aromatic N) is 2. The van der Waals surface area contributed by atoms with Crippen molar-refractivity contribution in [1.29, 1.82) is 0 Å². The molecule has 2 aromatic rings. The van der Waals surface area contributed by atoms with E-state index in [0.717, 1.165) is 30.7 Å². The molecule has 5 heteroatoms. The van der Waals surface area contributed by atoms with Gasteiger partial charge in [-0.3, -0.25) is 9.97 Å². The second kappa shape index (κ2) is 6.71. The van der Waals surface area contributed by atoms with Gasteiger partial charge in [0.1, 0.15) is 0 Å². The zero-order chi connectivity index (χ0) is 16.2. The van der Waals surface area contributed by atoms with Crippen molar-refractivity contribution in [3.63, 3.8) is 0 Å². The van der Waals surface area contributed by atoms with E-state index in [0.29, 0.717) is 6.54 Å². The van der Waals surface area contributed by atoms with Crippen molar-refractivity contribution < 1.29 is 9.90 Å². The number of carboxylic acids is 1. The van der Waals surface area contributed by atoms with Crippen molar-refractivity contribution in [2.24, 2.45) is 0 Å². The fourth-order valence-electron chi connectivity index (χ4n) is 2.93. The Morgan fingerprint density at radius 3 is 3.09 bits per heavy atom. The molecular weight excluding hydrogens is 290 g/mol. The summed E-state index contributed by atoms with van der Waals surface area (Å²) in [5.41, 5.74) is 4.55. The summed E-state index contributed by atoms with van der Waals surface area (Å²) in [6, 6.07) is 5.50. The molecule has 0 amide bonds. The first-order valence-corrected chi connectivity index (χ1v) is 7.67. The number of hydrogen-bond donors (Lipinski definition) is 2. The van der Waals surface area contributed by atoms with Crippen LogP contribution in [-0.2, 0) is 19.4 Å². The molecule has 2 aromatic heterocycles. The Morgan fingerprint density at radius 2 is 2.30 bits per heavy atom. The minimum Gasteiger partial charge on any atom is -0.478 e. The van der Waals surface area contributed by atoms with Crippen LogP contribution in [-0.4, -0.2) is 21.0 Å². The molecule has 1 aliphatic rings. The molecule has 0 aromatic carbocycles. The number of carbonyl (C=O) groups is 1. The van der Waals surface area contributed by atoms with E-state index in [9.17, 15) is 4.79 Å². The van der Waals surface area contributed by atoms with Gasteiger partial charge in [-0.25, -0.2) is 4.79 Å². The van der Waals surface area contributed by atoms with Crippen LogP contribution in [0.3, 0.4) is 0 Å². The predicted molar refractivity (Wildman–Crippen MR) is 87.2 cm³/mol. The summed E-state index contributed by atoms with van der Waals surface area (Å²) in [6.07, 6.45) is 8.16. The number of fused-ring (bicyclic) bond motifs is 1. The first-order valence-electron chi connectivity index (χ1n) is 7.67. The number of aromatic carboxylic acids is 1. The molecule has 0 saturated carbocycles. The molecule has 1 unspecified atom stereocenters. The second-order valence-electron chi connectivity index (χ2n) is 5.69. The maximum Gasteiger partial charge on any atom is 0.335 e. The number of nitrogens with one attached hydrogen (secondary N) is 1. The summed E-state index contributed by atoms with van der Waals surface area (Å²) >= 11 is 0. The minimum absolute atomic E-state index is 0.193. The molecule has 0 saturated heterocycles. The molecule has 5 nitrogen and oxygen atoms in total. The van der Waals surface area contributed by atoms with Crippen molar-refractivity contribution in [1.82, 2.24) is 15.3 Å². The average Bonchev–Trinajstić information content (AvgIpc) is 2.96. The van der Waals surface area contributed by atoms with Crippen molar-refractivity contribution in [3.8, 4) is 0 Å². The smallest absolute Gasteiger partial charge is 0.335 e. The summed E-state index contributed by atoms with van der Waals surface area (Å²) in [5.74, 6) is -0.934. The monoisotopic (exact) mass is 309 g/mol. The van der Waals surface area contributed by atoms with Crippen LogP contribution in [0.2, 0.25) is 0 Å². The highest BCUT2D eigenvalue weighted by atomic mass is 16.4. The molecule has 0 spiro atoms. The third-order valence-corrected chi connectivity index (χ3v) is 4.06. The van der Waals surface area contributed by atoms with Gasteiger partial charge in [0.05, 0.1) is 23.0 Å². The first-order chi connectivity index (χ1) is 11.2. The maximum atomic E-state index is 11.0. The summed E-state index contributed by atoms with van der Waals surface area (Å²) in [4.78, 5) is 19.8. The number of aromatic nitrogens is 2. The molecule has 2 heterocycles. The third-order valence-electron chi connectivity index (χ3n) is 4.06. The quantitative estimate of drug-likeness (QED) is 0.802. The number of aryl methyl sites for hydroxylation is 1. The van der Waals surface area contributed by atoms with E-state index in [2.05, 4.69) is 27.9 Å². The van der Waals surface area contributed by atoms with E-state index in [1.54, 1.807) is 6.07 Å². The van der Waals surface area contributed by atoms with Gasteiger partial charge in [0.15, 0.2) is 0 Å². The molecule has 0 fully saturated rings. The van der Waals surface area contributed by atoms with Gasteiger partial charge in [0.2, 0.25) is 0 Å². The van der Waals surface area contributed by atoms with Crippen LogP contribution in [0.4, 0.5) is 0 Å². The van der Waals surface area contributed by atoms with E-state index in [-0.39, 0.29) is 11.6 Å². The van der Waals surface area contributed by atoms with E-state index < -0.39 is 5.97 Å². The molecule has 3 rings (SSSR count). The normalized spacial score (nSPS) is 16.1. The van der Waals surface area contributed by atoms with Gasteiger partial charge in [-0.15, -0.1) is 6.58 Å². The summed E-state index contributed by atoms with van der Waals surface area (Å²) in [5, 5.41) is 12.5. The standard InChI is InChI=1S/C18H19N3O2/c1-2-3-12-8-13-4-5-16(17(13)21-10-12)20-11-15-9-14(18(22)23)6-7-19-15/h2,6-10,16,20H,1,3-5,11H2,(H,22,23). The minimum atomic E-state index is -0.934. The second-order valence-corrected chi connectivity index (χ2v) is 5.69. The lowest BCUT2D eigenvalue weighted by Crippen LogP contribution is -2.20. The lowest BCUT2D eigenvalue weighted by molar-refractivity contribution is 0.0696. The third kappa shape index (κ3) is 3.46. The fraction of sp³-hybridized carbons (Fsp3) is 0.278. The van der Waals surface area contributed by atoms with Gasteiger partial charge in [0.25, 0.3) is 0 Å². The Bertz CT molecular complexity index is 743. The van der Waals surface area contributed by atoms with Crippen LogP contribution >= 0.6 is 0 Å². The molecule has 2 N–H and O–H groups in total. The van der Waals surface area contributed by atoms with Crippen molar-refractivity contribution >= 4 is 5.97 Å². The first kappa shape index (κ1) is 15.4. The maximum absolute atomic E-state index is 11.0. The number of carboxylic acid groups (broad SMARTS) is 1. The SMILES string of the molecule is C=CCc1cnc2c(c1)CCC2NCc1cc(C(=O)O)ccn1. The molecule has 118 valence electrons. The van der Waals surface area contributed by atoms with Gasteiger partial charge in [-0.1, -0.05) is 12.1 Å². The van der Waals surface area contributed by atoms with Gasteiger partial charge >= 0.3 is 5.97 Å². The highest BCUT2D eigenvalue weighted by Gasteiger charge is 2.23. The fourth-order valence-corrected chi connectivity index (χ4v) is 2.93. The molecular formula is C18H19N3O2. The van der Waals surface area contributed by atoms with Crippen LogP contribution in [0.15, 0.2) is 43.2 Å². The lowest BCUT2D eigenvalue weighted by atomic mass is 10.1. The molecule has 1 atom stereocenters. The highest BCUT2D eigenvalue weighted by molar-refractivity contribution is 5.87. The summed E-state index contributed by atoms with van der Waals surface area (Å²) in [6.45, 7) is 4.29. The number of allylic oxidation sites excluding steroid dienone is 1. The Balaban J connectivity index is 1.68. The molecule has 0 aliphatic heterocycles. The van der Waals surface area contributed by atoms with Crippen LogP contribution in [0.1, 0.15) is 45.3 Å². The molecule has 0 bridgehead atoms. The van der Waals surface area contributed by atoms with Gasteiger partial charge in [-0.05, 0) is 42.5 Å². The van der Waals surface area contributed by atoms with E-state index in [1.807, 2.05) is 12.3 Å². The van der Waals surface area contributed by atoms with Gasteiger partial charge in [-0.2, -0.15) is 0 Å². The molecule has 0 radical (unpaired) electrons. The largest absolute Gasteiger partial charge is 0.478 e. The van der Waals surface area contributed by atoms with E-state index >= 15 is 0 Å². The average molecular weight is 309 g/mol. The topological polar surface area (TPSA) is 75.1 Å². The zero-order valence-electron chi connectivity index (χ0n) is 12.8. The predicted octanol–water partition coefficient (Wildman–Crippen LogP) is 2.68. The van der Waals surface area contributed by atoms with Crippen LogP contribution in [0, 0.1) is 0 Å². The van der Waals surface area contributed by atoms with Gasteiger partial charge < -0.3 is 10.4 Å². The Labute approximate surface area is 135 Å². The number of hydrogen-bond acceptors (Lipinski definition) is 4. The van der Waals surface area contributed by atoms with Crippen molar-refractivity contribution in [2.45, 2.75) is 31.8 Å². The van der Waals surface area contributed by atoms with E-state index in [4.69, 9.17) is 5.11 Å². The van der Waals surface area contributed by atoms with Crippen molar-refractivity contribution in [3.05, 3.63) is 71.3 Å². The highest BCUT2D eigenvalue weighted by Crippen LogP contribution is 2.30. The lowest BCUT2D eigenvalue weighted by Gasteiger charge is -2.13. The Hall–Kier alpha value is -2.53. The van der Waals surface area contributed by atoms with Crippen molar-refractivity contribution in [2.75, 3.05) is 0 Å². The van der Waals surface area contributed by atoms with Crippen LogP contribution in [0.25, 0.3) is 0 Å². The Kier molecular flexibility index (Phi) is 4.48. The summed E-state index contributed by atoms with van der Waals surface area (Å²) < 4.78 is 0. The van der Waals surface area contributed by atoms with Gasteiger partial charge in [0, 0.05) is 18.9 Å². The summed E-state index contributed by atoms with van der Waals surface area (Å²) in [7, 11) is 0.